The number of ether oxygens (including phenoxy) is 2. The molecule has 0 saturated carbocycles. The van der Waals surface area contributed by atoms with Crippen molar-refractivity contribution in [3.63, 3.8) is 0 Å². The Bertz CT molecular complexity index is 289. The Hall–Kier alpha value is -1.10. The third-order valence-electron chi connectivity index (χ3n) is 3.23. The Labute approximate surface area is 101 Å². The summed E-state index contributed by atoms with van der Waals surface area (Å²) in [6.07, 6.45) is 0.254. The van der Waals surface area contributed by atoms with Crippen LogP contribution in [0.3, 0.4) is 0 Å². The predicted molar refractivity (Wildman–Crippen MR) is 60.5 cm³/mol. The predicted octanol–water partition coefficient (Wildman–Crippen LogP) is 1.60. The molecule has 0 radical (unpaired) electrons. The van der Waals surface area contributed by atoms with Gasteiger partial charge in [0.2, 0.25) is 0 Å². The molecule has 1 aliphatic heterocycles. The minimum absolute atomic E-state index is 0.0669. The molecule has 0 aromatic heterocycles. The molecule has 0 aliphatic carbocycles. The van der Waals surface area contributed by atoms with E-state index in [1.54, 1.807) is 0 Å². The number of hydrogen-bond donors (Lipinski definition) is 1. The second kappa shape index (κ2) is 6.00. The molecule has 1 rings (SSSR count). The van der Waals surface area contributed by atoms with E-state index in [1.165, 1.54) is 0 Å². The van der Waals surface area contributed by atoms with Crippen molar-refractivity contribution in [1.82, 2.24) is 0 Å². The maximum atomic E-state index is 11.5. The number of esters is 1. The quantitative estimate of drug-likeness (QED) is 0.743. The summed E-state index contributed by atoms with van der Waals surface area (Å²) in [5.41, 5.74) is 0. The molecule has 1 N–H and O–H groups in total. The van der Waals surface area contributed by atoms with E-state index < -0.39 is 11.9 Å². The van der Waals surface area contributed by atoms with E-state index >= 15 is 0 Å². The molecule has 0 aromatic rings. The minimum atomic E-state index is -0.988. The summed E-state index contributed by atoms with van der Waals surface area (Å²) in [4.78, 5) is 21.8. The van der Waals surface area contributed by atoms with E-state index in [-0.39, 0.29) is 37.1 Å². The van der Waals surface area contributed by atoms with Crippen LogP contribution in [0.25, 0.3) is 0 Å². The lowest BCUT2D eigenvalue weighted by Gasteiger charge is -2.20. The lowest BCUT2D eigenvalue weighted by molar-refractivity contribution is -0.155. The fourth-order valence-electron chi connectivity index (χ4n) is 2.01. The van der Waals surface area contributed by atoms with Crippen LogP contribution in [0, 0.1) is 5.92 Å². The third-order valence-corrected chi connectivity index (χ3v) is 3.23. The van der Waals surface area contributed by atoms with Crippen molar-refractivity contribution in [3.05, 3.63) is 0 Å². The zero-order valence-electron chi connectivity index (χ0n) is 10.5. The average Bonchev–Trinajstić information content (AvgIpc) is 2.54. The van der Waals surface area contributed by atoms with Crippen LogP contribution in [0.5, 0.6) is 0 Å². The zero-order chi connectivity index (χ0) is 13.0. The molecule has 1 saturated heterocycles. The standard InChI is InChI=1S/C12H20O5/c1-4-9-12(7(2)8(3)16-9)17-11(15)6-5-10(13)14/h7-9,12H,4-6H2,1-3H3,(H,13,14)/t7-,8+,9-,12?/m1/s1. The summed E-state index contributed by atoms with van der Waals surface area (Å²) in [7, 11) is 0. The third kappa shape index (κ3) is 3.70. The van der Waals surface area contributed by atoms with Crippen molar-refractivity contribution in [1.29, 1.82) is 0 Å². The molecule has 5 heteroatoms. The van der Waals surface area contributed by atoms with Gasteiger partial charge < -0.3 is 14.6 Å². The maximum absolute atomic E-state index is 11.5. The highest BCUT2D eigenvalue weighted by Gasteiger charge is 2.41. The van der Waals surface area contributed by atoms with Crippen molar-refractivity contribution < 1.29 is 24.2 Å². The monoisotopic (exact) mass is 244 g/mol. The molecule has 1 unspecified atom stereocenters. The smallest absolute Gasteiger partial charge is 0.306 e. The molecule has 1 fully saturated rings. The van der Waals surface area contributed by atoms with Crippen LogP contribution in [0.15, 0.2) is 0 Å². The van der Waals surface area contributed by atoms with Crippen LogP contribution in [0.4, 0.5) is 0 Å². The molecule has 1 aliphatic rings. The van der Waals surface area contributed by atoms with Crippen molar-refractivity contribution in [3.8, 4) is 0 Å². The van der Waals surface area contributed by atoms with Gasteiger partial charge in [-0.2, -0.15) is 0 Å². The number of carbonyl (C=O) groups excluding carboxylic acids is 1. The maximum Gasteiger partial charge on any atom is 0.306 e. The summed E-state index contributed by atoms with van der Waals surface area (Å²) in [6.45, 7) is 5.92. The second-order valence-electron chi connectivity index (χ2n) is 4.50. The zero-order valence-corrected chi connectivity index (χ0v) is 10.5. The highest BCUT2D eigenvalue weighted by atomic mass is 16.6. The van der Waals surface area contributed by atoms with E-state index in [2.05, 4.69) is 0 Å². The lowest BCUT2D eigenvalue weighted by Crippen LogP contribution is -2.31. The highest BCUT2D eigenvalue weighted by Crippen LogP contribution is 2.30. The van der Waals surface area contributed by atoms with Gasteiger partial charge in [0.05, 0.1) is 25.0 Å². The summed E-state index contributed by atoms with van der Waals surface area (Å²) in [5, 5.41) is 8.48. The van der Waals surface area contributed by atoms with Crippen molar-refractivity contribution in [2.24, 2.45) is 5.92 Å². The first-order valence-corrected chi connectivity index (χ1v) is 6.02. The van der Waals surface area contributed by atoms with Crippen molar-refractivity contribution >= 4 is 11.9 Å². The van der Waals surface area contributed by atoms with Gasteiger partial charge in [0.15, 0.2) is 0 Å². The van der Waals surface area contributed by atoms with Crippen molar-refractivity contribution in [2.75, 3.05) is 0 Å². The number of rotatable bonds is 5. The Kier molecular flexibility index (Phi) is 4.93. The topological polar surface area (TPSA) is 72.8 Å². The van der Waals surface area contributed by atoms with Crippen LogP contribution in [0.2, 0.25) is 0 Å². The van der Waals surface area contributed by atoms with E-state index in [0.29, 0.717) is 0 Å². The summed E-state index contributed by atoms with van der Waals surface area (Å²) >= 11 is 0. The molecule has 0 amide bonds. The van der Waals surface area contributed by atoms with Crippen molar-refractivity contribution in [2.45, 2.75) is 58.3 Å². The van der Waals surface area contributed by atoms with E-state index in [1.807, 2.05) is 20.8 Å². The molecule has 4 atom stereocenters. The van der Waals surface area contributed by atoms with Gasteiger partial charge in [0, 0.05) is 5.92 Å². The van der Waals surface area contributed by atoms with Gasteiger partial charge in [-0.15, -0.1) is 0 Å². The largest absolute Gasteiger partial charge is 0.481 e. The van der Waals surface area contributed by atoms with Crippen LogP contribution in [0.1, 0.15) is 40.0 Å². The molecule has 5 nitrogen and oxygen atoms in total. The molecular formula is C12H20O5. The number of carboxylic acid groups (broad SMARTS) is 1. The van der Waals surface area contributed by atoms with Gasteiger partial charge in [-0.1, -0.05) is 13.8 Å². The SMILES string of the molecule is CC[C@H]1O[C@@H](C)[C@@H](C)C1OC(=O)CCC(=O)O. The molecule has 0 bridgehead atoms. The first kappa shape index (κ1) is 14.0. The second-order valence-corrected chi connectivity index (χ2v) is 4.50. The summed E-state index contributed by atoms with van der Waals surface area (Å²) < 4.78 is 11.0. The minimum Gasteiger partial charge on any atom is -0.481 e. The van der Waals surface area contributed by atoms with Gasteiger partial charge in [-0.3, -0.25) is 9.59 Å². The Morgan fingerprint density at radius 3 is 2.47 bits per heavy atom. The molecule has 0 aromatic carbocycles. The first-order valence-electron chi connectivity index (χ1n) is 6.02. The van der Waals surface area contributed by atoms with E-state index in [4.69, 9.17) is 14.6 Å². The Balaban J connectivity index is 2.48. The van der Waals surface area contributed by atoms with Crippen LogP contribution >= 0.6 is 0 Å². The lowest BCUT2D eigenvalue weighted by atomic mass is 9.98. The number of aliphatic carboxylic acids is 1. The normalized spacial score (nSPS) is 32.4. The average molecular weight is 244 g/mol. The Morgan fingerprint density at radius 1 is 1.29 bits per heavy atom. The Morgan fingerprint density at radius 2 is 1.94 bits per heavy atom. The fourth-order valence-corrected chi connectivity index (χ4v) is 2.01. The van der Waals surface area contributed by atoms with Crippen LogP contribution < -0.4 is 0 Å². The number of carbonyl (C=O) groups is 2. The van der Waals surface area contributed by atoms with E-state index in [0.717, 1.165) is 6.42 Å². The number of carboxylic acids is 1. The first-order chi connectivity index (χ1) is 7.95. The van der Waals surface area contributed by atoms with Gasteiger partial charge in [-0.25, -0.2) is 0 Å². The van der Waals surface area contributed by atoms with Gasteiger partial charge in [0.1, 0.15) is 6.10 Å². The molecule has 98 valence electrons. The molecular weight excluding hydrogens is 224 g/mol. The fraction of sp³-hybridized carbons (Fsp3) is 0.833. The van der Waals surface area contributed by atoms with Crippen LogP contribution in [-0.4, -0.2) is 35.4 Å². The molecule has 17 heavy (non-hydrogen) atoms. The number of hydrogen-bond acceptors (Lipinski definition) is 4. The van der Waals surface area contributed by atoms with Gasteiger partial charge >= 0.3 is 11.9 Å². The molecule has 1 heterocycles. The molecule has 0 spiro atoms. The summed E-state index contributed by atoms with van der Waals surface area (Å²) in [5.74, 6) is -1.30. The highest BCUT2D eigenvalue weighted by molar-refractivity contribution is 5.76. The van der Waals surface area contributed by atoms with E-state index in [9.17, 15) is 9.59 Å². The van der Waals surface area contributed by atoms with Gasteiger partial charge in [-0.05, 0) is 13.3 Å². The van der Waals surface area contributed by atoms with Gasteiger partial charge in [0.25, 0.3) is 0 Å². The van der Waals surface area contributed by atoms with Crippen LogP contribution in [-0.2, 0) is 19.1 Å². The summed E-state index contributed by atoms with van der Waals surface area (Å²) in [6, 6.07) is 0.